The SMILES string of the molecule is C=C(Br)C(C)=O.C=C(Cl)C(C)=O.C=CC(C)=O.C=CS(C)(=O)=O.CCC.CCC.CCC=COCc1ccccc1.CCC=COCc1ccccc1.CN1C(=O)C=CC1=O.[CH2-]C.[CH2-]C.[V+2]. The summed E-state index contributed by atoms with van der Waals surface area (Å²) in [4.78, 5) is 51.5. The molecule has 0 aromatic heterocycles. The molecule has 1 aliphatic heterocycles. The van der Waals surface area contributed by atoms with Crippen molar-refractivity contribution in [1.82, 2.24) is 4.90 Å². The van der Waals surface area contributed by atoms with Gasteiger partial charge in [0.2, 0.25) is 0 Å². The zero-order valence-electron chi connectivity index (χ0n) is 42.1. The van der Waals surface area contributed by atoms with Crippen LogP contribution in [0.15, 0.2) is 145 Å². The van der Waals surface area contributed by atoms with Crippen molar-refractivity contribution in [2.45, 2.75) is 115 Å². The molecule has 1 radical (unpaired) electrons. The average molecular weight is 1060 g/mol. The summed E-state index contributed by atoms with van der Waals surface area (Å²) in [6.07, 6.45) is 16.9. The summed E-state index contributed by atoms with van der Waals surface area (Å²) in [6, 6.07) is 20.3. The molecule has 0 N–H and O–H groups in total. The van der Waals surface area contributed by atoms with Crippen LogP contribution in [0.2, 0.25) is 0 Å². The van der Waals surface area contributed by atoms with E-state index in [1.54, 1.807) is 26.4 Å². The van der Waals surface area contributed by atoms with E-state index in [0.29, 0.717) is 17.7 Å². The topological polar surface area (TPSA) is 141 Å². The maximum absolute atomic E-state index is 10.4. The second kappa shape index (κ2) is 65.0. The minimum absolute atomic E-state index is 0. The number of carbonyl (C=O) groups is 5. The molecule has 0 aliphatic carbocycles. The third kappa shape index (κ3) is 83.3. The fourth-order valence-electron chi connectivity index (χ4n) is 2.24. The number of imide groups is 1. The quantitative estimate of drug-likeness (QED) is 0.0879. The number of likely N-dealkylation sites (N-methyl/N-ethyl adjacent to an activating group) is 1. The van der Waals surface area contributed by atoms with Gasteiger partial charge in [-0.1, -0.05) is 165 Å². The summed E-state index contributed by atoms with van der Waals surface area (Å²) in [5.74, 6) is -0.651. The fraction of sp³-hybridized carbons (Fsp3) is 0.365. The van der Waals surface area contributed by atoms with Crippen LogP contribution >= 0.6 is 27.5 Å². The standard InChI is InChI=1S/2C11H14O.C5H5NO2.C4H5BrO.C4H5ClO.C4H6O.C3H6O2S.2C3H8.2C2H5.V/c2*1-2-3-9-12-10-11-7-5-4-6-8-11;1-6-4(7)2-3-5(6)8;2*1-3(5)4(2)6;1-3-4(2)5;1-3-6(2,4)5;2*1-3-2;2*1-2;/h2*3-9H,2,10H2,1H3;2-3H,1H3;2*1H2,2H3;3H,1H2,2H3;3H,1H2,2H3;2*3H2,1-2H3;2*1H2,2H3;/q;;;;;;;;;2*-1;+2. The van der Waals surface area contributed by atoms with E-state index >= 15 is 0 Å². The Balaban J connectivity index is -0.0000000808. The maximum Gasteiger partial charge on any atom is 2.00 e. The first kappa shape index (κ1) is 81.8. The first-order valence-corrected chi connectivity index (χ1v) is 23.8. The van der Waals surface area contributed by atoms with Crippen molar-refractivity contribution in [2.75, 3.05) is 13.3 Å². The van der Waals surface area contributed by atoms with Gasteiger partial charge in [-0.3, -0.25) is 28.9 Å². The summed E-state index contributed by atoms with van der Waals surface area (Å²) < 4.78 is 30.8. The number of amides is 2. The molecule has 0 fully saturated rings. The number of carbonyl (C=O) groups excluding carboxylic acids is 5. The van der Waals surface area contributed by atoms with Crippen LogP contribution in [0.25, 0.3) is 0 Å². The molecule has 0 saturated carbocycles. The van der Waals surface area contributed by atoms with E-state index in [1.807, 2.05) is 48.6 Å². The number of nitrogens with zero attached hydrogens (tertiary/aromatic N) is 1. The second-order valence-electron chi connectivity index (χ2n) is 11.9. The fourth-order valence-corrected chi connectivity index (χ4v) is 2.24. The van der Waals surface area contributed by atoms with Gasteiger partial charge in [-0.25, -0.2) is 8.42 Å². The van der Waals surface area contributed by atoms with Gasteiger partial charge in [0.25, 0.3) is 11.8 Å². The Hall–Kier alpha value is -4.33. The Labute approximate surface area is 427 Å². The number of hydrogen-bond donors (Lipinski definition) is 0. The molecule has 0 unspecified atom stereocenters. The van der Waals surface area contributed by atoms with Gasteiger partial charge in [0, 0.05) is 37.8 Å². The number of halogens is 2. The number of benzene rings is 2. The number of ketones is 3. The molecule has 373 valence electrons. The van der Waals surface area contributed by atoms with Crippen molar-refractivity contribution < 1.29 is 60.4 Å². The van der Waals surface area contributed by atoms with Gasteiger partial charge in [0.1, 0.15) is 13.2 Å². The molecular weight excluding hydrogens is 981 g/mol. The Morgan fingerprint density at radius 3 is 1.08 bits per heavy atom. The van der Waals surface area contributed by atoms with Crippen molar-refractivity contribution in [3.63, 3.8) is 0 Å². The summed E-state index contributed by atoms with van der Waals surface area (Å²) in [5.41, 5.74) is 2.41. The monoisotopic (exact) mass is 1060 g/mol. The van der Waals surface area contributed by atoms with Crippen molar-refractivity contribution in [3.05, 3.63) is 170 Å². The summed E-state index contributed by atoms with van der Waals surface area (Å²) in [6.45, 7) is 41.0. The van der Waals surface area contributed by atoms with Gasteiger partial charge in [0.05, 0.1) is 22.0 Å². The zero-order chi connectivity index (χ0) is 52.7. The third-order valence-corrected chi connectivity index (χ3v) is 6.86. The van der Waals surface area contributed by atoms with Gasteiger partial charge in [0.15, 0.2) is 27.2 Å². The predicted molar refractivity (Wildman–Crippen MR) is 283 cm³/mol. The third-order valence-electron chi connectivity index (χ3n) is 5.43. The molecular formula is C52H81BrClNO9SV. The molecule has 2 aromatic carbocycles. The number of ether oxygens (including phenoxy) is 2. The van der Waals surface area contributed by atoms with Crippen LogP contribution in [0.3, 0.4) is 0 Å². The van der Waals surface area contributed by atoms with Crippen LogP contribution in [0.5, 0.6) is 0 Å². The zero-order valence-corrected chi connectivity index (χ0v) is 46.7. The average Bonchev–Trinajstić information content (AvgIpc) is 3.58. The minimum Gasteiger partial charge on any atom is -0.497 e. The van der Waals surface area contributed by atoms with Gasteiger partial charge in [-0.2, -0.15) is 13.8 Å². The van der Waals surface area contributed by atoms with E-state index in [0.717, 1.165) is 29.4 Å². The van der Waals surface area contributed by atoms with Crippen LogP contribution < -0.4 is 0 Å². The first-order chi connectivity index (χ1) is 30.5. The molecule has 0 bridgehead atoms. The van der Waals surface area contributed by atoms with Crippen molar-refractivity contribution in [1.29, 1.82) is 0 Å². The van der Waals surface area contributed by atoms with Gasteiger partial charge in [-0.15, -0.1) is 0 Å². The Bertz CT molecular complexity index is 1580. The number of rotatable bonds is 12. The van der Waals surface area contributed by atoms with E-state index in [2.05, 4.69) is 122 Å². The molecule has 1 heterocycles. The molecule has 0 saturated heterocycles. The van der Waals surface area contributed by atoms with Gasteiger partial charge >= 0.3 is 18.6 Å². The number of allylic oxidation sites excluding steroid dienone is 5. The minimum atomic E-state index is -2.90. The number of Topliss-reactive ketones (excluding diaryl/α,β-unsaturated/α-hetero) is 2. The second-order valence-corrected chi connectivity index (χ2v) is 15.3. The molecule has 2 amide bonds. The van der Waals surface area contributed by atoms with E-state index in [-0.39, 0.29) is 52.8 Å². The molecule has 1 aliphatic rings. The normalized spacial score (nSPS) is 9.62. The molecule has 66 heavy (non-hydrogen) atoms. The molecule has 2 aromatic rings. The van der Waals surface area contributed by atoms with E-state index < -0.39 is 9.84 Å². The van der Waals surface area contributed by atoms with E-state index in [4.69, 9.17) is 21.1 Å². The number of sulfone groups is 1. The van der Waals surface area contributed by atoms with Crippen LogP contribution in [-0.2, 0) is 75.1 Å². The Kier molecular flexibility index (Phi) is 80.5. The van der Waals surface area contributed by atoms with Gasteiger partial charge < -0.3 is 23.3 Å². The van der Waals surface area contributed by atoms with E-state index in [9.17, 15) is 32.4 Å². The molecule has 0 spiro atoms. The van der Waals surface area contributed by atoms with E-state index in [1.165, 1.54) is 70.0 Å². The predicted octanol–water partition coefficient (Wildman–Crippen LogP) is 14.1. The van der Waals surface area contributed by atoms with Crippen LogP contribution in [-0.4, -0.2) is 55.8 Å². The molecule has 14 heteroatoms. The van der Waals surface area contributed by atoms with Gasteiger partial charge in [-0.05, 0) is 59.8 Å². The van der Waals surface area contributed by atoms with Crippen molar-refractivity contribution in [3.8, 4) is 0 Å². The molecule has 10 nitrogen and oxygen atoms in total. The Morgan fingerprint density at radius 1 is 0.697 bits per heavy atom. The van der Waals surface area contributed by atoms with Crippen LogP contribution in [0, 0.1) is 13.8 Å². The summed E-state index contributed by atoms with van der Waals surface area (Å²) >= 11 is 7.96. The van der Waals surface area contributed by atoms with Crippen molar-refractivity contribution in [2.24, 2.45) is 0 Å². The smallest absolute Gasteiger partial charge is 0.497 e. The molecule has 0 atom stereocenters. The van der Waals surface area contributed by atoms with Crippen LogP contribution in [0.1, 0.15) is 113 Å². The summed E-state index contributed by atoms with van der Waals surface area (Å²) in [7, 11) is -1.45. The maximum atomic E-state index is 10.4. The Morgan fingerprint density at radius 2 is 0.939 bits per heavy atom. The largest absolute Gasteiger partial charge is 2.00 e. The number of hydrogen-bond acceptors (Lipinski definition) is 9. The molecule has 3 rings (SSSR count). The first-order valence-electron chi connectivity index (χ1n) is 20.7. The summed E-state index contributed by atoms with van der Waals surface area (Å²) in [5, 5.41) is 1.00. The van der Waals surface area contributed by atoms with Crippen molar-refractivity contribution >= 4 is 66.5 Å². The van der Waals surface area contributed by atoms with Crippen LogP contribution in [0.4, 0.5) is 0 Å².